The van der Waals surface area contributed by atoms with E-state index in [4.69, 9.17) is 0 Å². The number of piperidine rings is 1. The third-order valence-corrected chi connectivity index (χ3v) is 7.83. The summed E-state index contributed by atoms with van der Waals surface area (Å²) in [6.45, 7) is 18.1. The smallest absolute Gasteiger partial charge is 0.155 e. The largest absolute Gasteiger partial charge is 0.389 e. The van der Waals surface area contributed by atoms with E-state index < -0.39 is 5.60 Å². The fourth-order valence-electron chi connectivity index (χ4n) is 6.11. The molecule has 0 unspecified atom stereocenters. The number of aromatic nitrogens is 3. The molecule has 1 aromatic carbocycles. The molecular weight excluding hydrogens is 456 g/mol. The first-order valence-corrected chi connectivity index (χ1v) is 14.2. The number of hydrogen-bond donors (Lipinski definition) is 1. The van der Waals surface area contributed by atoms with E-state index in [0.29, 0.717) is 11.8 Å². The summed E-state index contributed by atoms with van der Waals surface area (Å²) in [5, 5.41) is 14.7. The van der Waals surface area contributed by atoms with Gasteiger partial charge in [0.1, 0.15) is 6.33 Å². The molecule has 0 saturated carbocycles. The fraction of sp³-hybridized carbons (Fsp3) is 0.562. The van der Waals surface area contributed by atoms with Crippen LogP contribution in [0.2, 0.25) is 0 Å². The predicted octanol–water partition coefficient (Wildman–Crippen LogP) is 6.92. The van der Waals surface area contributed by atoms with E-state index in [1.165, 1.54) is 39.0 Å². The van der Waals surface area contributed by atoms with E-state index in [1.807, 2.05) is 18.4 Å². The molecule has 1 aliphatic rings. The van der Waals surface area contributed by atoms with E-state index in [-0.39, 0.29) is 0 Å². The van der Waals surface area contributed by atoms with Crippen LogP contribution in [-0.4, -0.2) is 49.8 Å². The molecule has 200 valence electrons. The number of rotatable bonds is 9. The normalized spacial score (nSPS) is 16.6. The van der Waals surface area contributed by atoms with Crippen LogP contribution in [0.3, 0.4) is 0 Å². The molecule has 5 nitrogen and oxygen atoms in total. The third kappa shape index (κ3) is 6.32. The Morgan fingerprint density at radius 1 is 1.11 bits per heavy atom. The average Bonchev–Trinajstić information content (AvgIpc) is 3.31. The molecule has 5 heteroatoms. The lowest BCUT2D eigenvalue weighted by Gasteiger charge is -2.35. The van der Waals surface area contributed by atoms with E-state index in [9.17, 15) is 5.11 Å². The maximum absolute atomic E-state index is 10.3. The number of benzene rings is 1. The molecule has 0 aliphatic carbocycles. The predicted molar refractivity (Wildman–Crippen MR) is 155 cm³/mol. The van der Waals surface area contributed by atoms with Crippen LogP contribution in [0.15, 0.2) is 36.8 Å². The Labute approximate surface area is 223 Å². The zero-order chi connectivity index (χ0) is 26.7. The molecule has 2 aromatic heterocycles. The van der Waals surface area contributed by atoms with Crippen molar-refractivity contribution in [3.8, 4) is 0 Å². The van der Waals surface area contributed by atoms with Crippen molar-refractivity contribution in [2.45, 2.75) is 92.1 Å². The number of aliphatic hydroxyl groups is 1. The molecule has 4 rings (SSSR count). The van der Waals surface area contributed by atoms with Gasteiger partial charge in [-0.3, -0.25) is 0 Å². The van der Waals surface area contributed by atoms with Gasteiger partial charge in [0.2, 0.25) is 0 Å². The lowest BCUT2D eigenvalue weighted by molar-refractivity contribution is 0.0282. The number of aryl methyl sites for hydroxylation is 2. The molecule has 3 aromatic rings. The van der Waals surface area contributed by atoms with Crippen LogP contribution in [0.4, 0.5) is 0 Å². The Morgan fingerprint density at radius 3 is 2.46 bits per heavy atom. The zero-order valence-corrected chi connectivity index (χ0v) is 24.0. The SMILES string of the molecule is CCC/C(=C(\c1cc(C2CCN(CC(C)(C)O)CC2)ccc1C)C(C)C)c1cn2ncnc2cc1CC. The lowest BCUT2D eigenvalue weighted by Crippen LogP contribution is -2.42. The molecule has 1 N–H and O–H groups in total. The highest BCUT2D eigenvalue weighted by molar-refractivity contribution is 5.93. The summed E-state index contributed by atoms with van der Waals surface area (Å²) in [4.78, 5) is 6.85. The lowest BCUT2D eigenvalue weighted by atomic mass is 9.80. The summed E-state index contributed by atoms with van der Waals surface area (Å²) >= 11 is 0. The van der Waals surface area contributed by atoms with Crippen LogP contribution in [0.25, 0.3) is 16.8 Å². The Bertz CT molecular complexity index is 1240. The molecule has 1 saturated heterocycles. The minimum atomic E-state index is -0.636. The number of allylic oxidation sites excluding steroid dienone is 2. The Morgan fingerprint density at radius 2 is 1.84 bits per heavy atom. The van der Waals surface area contributed by atoms with Crippen molar-refractivity contribution >= 4 is 16.8 Å². The summed E-state index contributed by atoms with van der Waals surface area (Å²) < 4.78 is 1.92. The van der Waals surface area contributed by atoms with Crippen LogP contribution in [0.5, 0.6) is 0 Å². The van der Waals surface area contributed by atoms with E-state index in [2.05, 4.69) is 80.1 Å². The molecule has 0 bridgehead atoms. The molecule has 1 fully saturated rings. The van der Waals surface area contributed by atoms with Crippen LogP contribution < -0.4 is 0 Å². The first kappa shape index (κ1) is 27.5. The number of fused-ring (bicyclic) bond motifs is 1. The minimum absolute atomic E-state index is 0.403. The van der Waals surface area contributed by atoms with Gasteiger partial charge in [-0.25, -0.2) is 9.50 Å². The summed E-state index contributed by atoms with van der Waals surface area (Å²) in [6, 6.07) is 9.39. The molecular formula is C32H46N4O. The van der Waals surface area contributed by atoms with Crippen LogP contribution in [-0.2, 0) is 6.42 Å². The number of hydrogen-bond acceptors (Lipinski definition) is 4. The molecule has 37 heavy (non-hydrogen) atoms. The molecule has 0 atom stereocenters. The second-order valence-corrected chi connectivity index (χ2v) is 11.9. The number of β-amino-alcohol motifs (C(OH)–C–C–N with tert-alkyl or cyclic N) is 1. The van der Waals surface area contributed by atoms with Gasteiger partial charge in [0, 0.05) is 12.7 Å². The van der Waals surface area contributed by atoms with E-state index >= 15 is 0 Å². The van der Waals surface area contributed by atoms with Crippen molar-refractivity contribution in [3.63, 3.8) is 0 Å². The van der Waals surface area contributed by atoms with Gasteiger partial charge in [-0.2, -0.15) is 5.10 Å². The highest BCUT2D eigenvalue weighted by Gasteiger charge is 2.26. The number of pyridine rings is 1. The van der Waals surface area contributed by atoms with Gasteiger partial charge in [-0.1, -0.05) is 52.3 Å². The third-order valence-electron chi connectivity index (χ3n) is 7.83. The first-order valence-electron chi connectivity index (χ1n) is 14.2. The van der Waals surface area contributed by atoms with Crippen molar-refractivity contribution in [2.24, 2.45) is 5.92 Å². The van der Waals surface area contributed by atoms with E-state index in [1.54, 1.807) is 6.33 Å². The van der Waals surface area contributed by atoms with Gasteiger partial charge < -0.3 is 10.0 Å². The van der Waals surface area contributed by atoms with Gasteiger partial charge in [0.15, 0.2) is 5.65 Å². The molecule has 1 aliphatic heterocycles. The fourth-order valence-corrected chi connectivity index (χ4v) is 6.11. The average molecular weight is 503 g/mol. The van der Waals surface area contributed by atoms with Gasteiger partial charge in [-0.05, 0) is 116 Å². The topological polar surface area (TPSA) is 53.7 Å². The zero-order valence-electron chi connectivity index (χ0n) is 24.0. The van der Waals surface area contributed by atoms with Crippen molar-refractivity contribution in [3.05, 3.63) is 64.6 Å². The quantitative estimate of drug-likeness (QED) is 0.345. The van der Waals surface area contributed by atoms with Crippen molar-refractivity contribution in [1.82, 2.24) is 19.5 Å². The monoisotopic (exact) mass is 502 g/mol. The second-order valence-electron chi connectivity index (χ2n) is 11.9. The summed E-state index contributed by atoms with van der Waals surface area (Å²) in [5.41, 5.74) is 10.1. The molecule has 0 amide bonds. The maximum atomic E-state index is 10.3. The molecule has 3 heterocycles. The van der Waals surface area contributed by atoms with Crippen molar-refractivity contribution < 1.29 is 5.11 Å². The van der Waals surface area contributed by atoms with Crippen molar-refractivity contribution in [1.29, 1.82) is 0 Å². The number of likely N-dealkylation sites (tertiary alicyclic amines) is 1. The van der Waals surface area contributed by atoms with Crippen LogP contribution in [0.1, 0.15) is 101 Å². The second kappa shape index (κ2) is 11.5. The molecule has 0 radical (unpaired) electrons. The van der Waals surface area contributed by atoms with E-state index in [0.717, 1.165) is 57.4 Å². The summed E-state index contributed by atoms with van der Waals surface area (Å²) in [6.07, 6.45) is 9.24. The van der Waals surface area contributed by atoms with Crippen molar-refractivity contribution in [2.75, 3.05) is 19.6 Å². The molecule has 0 spiro atoms. The van der Waals surface area contributed by atoms with Gasteiger partial charge in [-0.15, -0.1) is 0 Å². The standard InChI is InChI=1S/C32H46N4O/c1-8-10-27(29-19-36-30(33-21-34-36)18-24(29)9-2)31(22(3)4)28-17-26(12-11-23(28)5)25-13-15-35(16-14-25)20-32(6,7)37/h11-12,17-19,21-22,25,37H,8-10,13-16,20H2,1-7H3/b31-27+. The van der Waals surface area contributed by atoms with Gasteiger partial charge in [0.05, 0.1) is 5.60 Å². The highest BCUT2D eigenvalue weighted by Crippen LogP contribution is 2.40. The first-order chi connectivity index (χ1) is 17.6. The van der Waals surface area contributed by atoms with Crippen LogP contribution >= 0.6 is 0 Å². The minimum Gasteiger partial charge on any atom is -0.389 e. The number of nitrogens with zero attached hydrogens (tertiary/aromatic N) is 4. The summed E-state index contributed by atoms with van der Waals surface area (Å²) in [7, 11) is 0. The Balaban J connectivity index is 1.76. The van der Waals surface area contributed by atoms with Gasteiger partial charge >= 0.3 is 0 Å². The highest BCUT2D eigenvalue weighted by atomic mass is 16.3. The summed E-state index contributed by atoms with van der Waals surface area (Å²) in [5.74, 6) is 0.971. The Kier molecular flexibility index (Phi) is 8.55. The Hall–Kier alpha value is -2.50. The van der Waals surface area contributed by atoms with Gasteiger partial charge in [0.25, 0.3) is 0 Å². The van der Waals surface area contributed by atoms with Crippen LogP contribution in [0, 0.1) is 12.8 Å². The maximum Gasteiger partial charge on any atom is 0.155 e.